The summed E-state index contributed by atoms with van der Waals surface area (Å²) in [5, 5.41) is 18.5. The second-order valence-electron chi connectivity index (χ2n) is 5.57. The number of benzene rings is 1. The minimum atomic E-state index is -0.180. The Morgan fingerprint density at radius 1 is 1.42 bits per heavy atom. The van der Waals surface area contributed by atoms with Crippen LogP contribution in [0, 0.1) is 11.3 Å². The van der Waals surface area contributed by atoms with Crippen LogP contribution in [0.3, 0.4) is 0 Å². The number of fused-ring (bicyclic) bond motifs is 1. The molecule has 0 spiro atoms. The van der Waals surface area contributed by atoms with E-state index in [4.69, 9.17) is 10.2 Å². The number of hydrogen-bond acceptors (Lipinski definition) is 3. The van der Waals surface area contributed by atoms with Gasteiger partial charge in [0.1, 0.15) is 5.82 Å². The summed E-state index contributed by atoms with van der Waals surface area (Å²) >= 11 is 0. The molecule has 0 atom stereocenters. The quantitative estimate of drug-likeness (QED) is 0.897. The first kappa shape index (κ1) is 12.2. The molecule has 1 fully saturated rings. The van der Waals surface area contributed by atoms with Gasteiger partial charge in [-0.3, -0.25) is 0 Å². The highest BCUT2D eigenvalue weighted by Crippen LogP contribution is 2.38. The number of aliphatic hydroxyl groups excluding tert-OH is 1. The van der Waals surface area contributed by atoms with Gasteiger partial charge in [-0.05, 0) is 44.9 Å². The Morgan fingerprint density at radius 3 is 2.74 bits per heavy atom. The van der Waals surface area contributed by atoms with Crippen LogP contribution in [-0.4, -0.2) is 20.8 Å². The third kappa shape index (κ3) is 1.91. The Labute approximate surface area is 112 Å². The van der Waals surface area contributed by atoms with E-state index in [9.17, 15) is 5.11 Å². The van der Waals surface area contributed by atoms with E-state index in [1.807, 2.05) is 18.2 Å². The van der Waals surface area contributed by atoms with Gasteiger partial charge in [-0.15, -0.1) is 0 Å². The van der Waals surface area contributed by atoms with Gasteiger partial charge in [0, 0.05) is 12.0 Å². The normalized spacial score (nSPS) is 22.5. The van der Waals surface area contributed by atoms with Crippen molar-refractivity contribution < 1.29 is 5.11 Å². The number of aromatic nitrogens is 2. The summed E-state index contributed by atoms with van der Waals surface area (Å²) in [6, 6.07) is 8.12. The summed E-state index contributed by atoms with van der Waals surface area (Å²) in [6.45, 7) is 4.27. The molecule has 1 aliphatic rings. The van der Waals surface area contributed by atoms with Crippen LogP contribution in [0.4, 0.5) is 0 Å². The molecule has 0 radical (unpaired) electrons. The molecule has 2 aromatic rings. The average Bonchev–Trinajstić information content (AvgIpc) is 2.72. The highest BCUT2D eigenvalue weighted by molar-refractivity contribution is 5.78. The van der Waals surface area contributed by atoms with E-state index in [-0.39, 0.29) is 6.10 Å². The Balaban J connectivity index is 2.15. The molecule has 0 aliphatic heterocycles. The van der Waals surface area contributed by atoms with E-state index >= 15 is 0 Å². The minimum absolute atomic E-state index is 0.180. The van der Waals surface area contributed by atoms with Crippen LogP contribution in [0.15, 0.2) is 18.2 Å². The fraction of sp³-hybridized carbons (Fsp3) is 0.467. The first-order valence-electron chi connectivity index (χ1n) is 6.70. The summed E-state index contributed by atoms with van der Waals surface area (Å²) in [5.74, 6) is 1.39. The van der Waals surface area contributed by atoms with Crippen molar-refractivity contribution in [2.24, 2.45) is 0 Å². The Hall–Kier alpha value is -1.86. The predicted octanol–water partition coefficient (Wildman–Crippen LogP) is 2.73. The van der Waals surface area contributed by atoms with Crippen molar-refractivity contribution in [2.75, 3.05) is 0 Å². The van der Waals surface area contributed by atoms with Gasteiger partial charge >= 0.3 is 0 Å². The van der Waals surface area contributed by atoms with Crippen LogP contribution in [0.5, 0.6) is 0 Å². The lowest BCUT2D eigenvalue weighted by Gasteiger charge is -2.32. The molecule has 1 aromatic heterocycles. The van der Waals surface area contributed by atoms with Crippen LogP contribution in [-0.2, 0) is 0 Å². The molecule has 1 heterocycles. The third-order valence-corrected chi connectivity index (χ3v) is 3.84. The molecule has 0 amide bonds. The average molecular weight is 255 g/mol. The molecule has 1 saturated carbocycles. The van der Waals surface area contributed by atoms with Crippen molar-refractivity contribution in [1.82, 2.24) is 9.55 Å². The number of imidazole rings is 1. The highest BCUT2D eigenvalue weighted by Gasteiger charge is 2.33. The van der Waals surface area contributed by atoms with Crippen molar-refractivity contribution in [3.05, 3.63) is 29.6 Å². The minimum Gasteiger partial charge on any atom is -0.393 e. The monoisotopic (exact) mass is 255 g/mol. The standard InChI is InChI=1S/C15H17N3O/c1-9(2)18-14-4-3-10(8-16)5-13(14)17-15(18)11-6-12(19)7-11/h3-5,9,11-12,19H,6-7H2,1-2H3. The molecule has 3 rings (SSSR count). The van der Waals surface area contributed by atoms with E-state index < -0.39 is 0 Å². The van der Waals surface area contributed by atoms with E-state index in [1.54, 1.807) is 0 Å². The van der Waals surface area contributed by atoms with Gasteiger partial charge < -0.3 is 9.67 Å². The number of nitrogens with zero attached hydrogens (tertiary/aromatic N) is 3. The molecule has 19 heavy (non-hydrogen) atoms. The molecule has 4 nitrogen and oxygen atoms in total. The lowest BCUT2D eigenvalue weighted by molar-refractivity contribution is 0.0702. The number of nitriles is 1. The second-order valence-corrected chi connectivity index (χ2v) is 5.57. The summed E-state index contributed by atoms with van der Waals surface area (Å²) in [6.07, 6.45) is 1.41. The molecule has 0 unspecified atom stereocenters. The van der Waals surface area contributed by atoms with Gasteiger partial charge in [0.05, 0.1) is 28.8 Å². The van der Waals surface area contributed by atoms with Crippen LogP contribution in [0.1, 0.15) is 50.0 Å². The van der Waals surface area contributed by atoms with Crippen LogP contribution in [0.25, 0.3) is 11.0 Å². The van der Waals surface area contributed by atoms with Crippen LogP contribution < -0.4 is 0 Å². The molecule has 0 bridgehead atoms. The molecule has 1 aliphatic carbocycles. The first-order valence-corrected chi connectivity index (χ1v) is 6.70. The zero-order valence-electron chi connectivity index (χ0n) is 11.2. The summed E-state index contributed by atoms with van der Waals surface area (Å²) in [4.78, 5) is 4.70. The zero-order chi connectivity index (χ0) is 13.6. The Kier molecular flexibility index (Phi) is 2.79. The topological polar surface area (TPSA) is 61.8 Å². The molecule has 1 N–H and O–H groups in total. The van der Waals surface area contributed by atoms with E-state index in [2.05, 4.69) is 24.5 Å². The maximum atomic E-state index is 9.49. The lowest BCUT2D eigenvalue weighted by Crippen LogP contribution is -2.29. The SMILES string of the molecule is CC(C)n1c(C2CC(O)C2)nc2cc(C#N)ccc21. The van der Waals surface area contributed by atoms with Crippen molar-refractivity contribution in [3.63, 3.8) is 0 Å². The Bertz CT molecular complexity index is 660. The van der Waals surface area contributed by atoms with Gasteiger partial charge in [0.15, 0.2) is 0 Å². The first-order chi connectivity index (χ1) is 9.10. The van der Waals surface area contributed by atoms with E-state index in [1.165, 1.54) is 0 Å². The summed E-state index contributed by atoms with van der Waals surface area (Å²) in [7, 11) is 0. The fourth-order valence-corrected chi connectivity index (χ4v) is 2.82. The molecule has 98 valence electrons. The number of rotatable bonds is 2. The van der Waals surface area contributed by atoms with Gasteiger partial charge in [-0.2, -0.15) is 5.26 Å². The molecule has 4 heteroatoms. The molecular weight excluding hydrogens is 238 g/mol. The van der Waals surface area contributed by atoms with E-state index in [0.29, 0.717) is 17.5 Å². The summed E-state index contributed by atoms with van der Waals surface area (Å²) < 4.78 is 2.23. The number of hydrogen-bond donors (Lipinski definition) is 1. The van der Waals surface area contributed by atoms with Gasteiger partial charge in [-0.25, -0.2) is 4.98 Å². The predicted molar refractivity (Wildman–Crippen MR) is 72.8 cm³/mol. The van der Waals surface area contributed by atoms with Crippen LogP contribution in [0.2, 0.25) is 0 Å². The fourth-order valence-electron chi connectivity index (χ4n) is 2.82. The largest absolute Gasteiger partial charge is 0.393 e. The second kappa shape index (κ2) is 4.36. The number of aliphatic hydroxyl groups is 1. The van der Waals surface area contributed by atoms with Crippen molar-refractivity contribution in [3.8, 4) is 6.07 Å². The van der Waals surface area contributed by atoms with Crippen molar-refractivity contribution in [2.45, 2.75) is 44.8 Å². The van der Waals surface area contributed by atoms with E-state index in [0.717, 1.165) is 29.7 Å². The van der Waals surface area contributed by atoms with Crippen molar-refractivity contribution >= 4 is 11.0 Å². The van der Waals surface area contributed by atoms with Gasteiger partial charge in [0.25, 0.3) is 0 Å². The zero-order valence-corrected chi connectivity index (χ0v) is 11.2. The maximum absolute atomic E-state index is 9.49. The van der Waals surface area contributed by atoms with Crippen molar-refractivity contribution in [1.29, 1.82) is 5.26 Å². The summed E-state index contributed by atoms with van der Waals surface area (Å²) in [5.41, 5.74) is 2.59. The third-order valence-electron chi connectivity index (χ3n) is 3.84. The van der Waals surface area contributed by atoms with Crippen LogP contribution >= 0.6 is 0 Å². The highest BCUT2D eigenvalue weighted by atomic mass is 16.3. The molecule has 0 saturated heterocycles. The van der Waals surface area contributed by atoms with Gasteiger partial charge in [0.2, 0.25) is 0 Å². The molecule has 1 aromatic carbocycles. The maximum Gasteiger partial charge on any atom is 0.113 e. The van der Waals surface area contributed by atoms with Gasteiger partial charge in [-0.1, -0.05) is 0 Å². The lowest BCUT2D eigenvalue weighted by atomic mass is 9.82. The Morgan fingerprint density at radius 2 is 2.16 bits per heavy atom. The molecular formula is C15H17N3O. The smallest absolute Gasteiger partial charge is 0.113 e.